The molecule has 1 spiro atoms. The first-order chi connectivity index (χ1) is 14.6. The number of nitrogens with zero attached hydrogens (tertiary/aromatic N) is 2. The topological polar surface area (TPSA) is 92.3 Å². The van der Waals surface area contributed by atoms with Gasteiger partial charge in [-0.05, 0) is 38.0 Å². The molecule has 2 aliphatic rings. The number of aromatic nitrogens is 3. The third-order valence-corrected chi connectivity index (χ3v) is 7.19. The molecule has 2 fully saturated rings. The zero-order valence-electron chi connectivity index (χ0n) is 16.9. The molecular weight excluding hydrogens is 425 g/mol. The molecule has 1 saturated carbocycles. The molecule has 0 amide bonds. The fourth-order valence-electron chi connectivity index (χ4n) is 4.36. The molecule has 2 atom stereocenters. The Labute approximate surface area is 206 Å². The number of rotatable bonds is 6. The van der Waals surface area contributed by atoms with Crippen molar-refractivity contribution in [2.45, 2.75) is 42.9 Å². The zero-order valence-corrected chi connectivity index (χ0v) is 17.7. The average molecular weight is 452 g/mol. The standard InChI is InChI=1S/C22H25N3O4S.Na.H/c1-15-19(14-30(26)21-24-17-6-2-3-7-18(17)25-21)23-10-8-20(15)27-13-16-5-4-9-22(16)28-11-12-29-22;;/h2-3,6-8,10,16H,4-5,9,11-14H2,1H3,(H,24,25);;. The van der Waals surface area contributed by atoms with Crippen molar-refractivity contribution in [3.63, 3.8) is 0 Å². The number of H-pyrrole nitrogens is 1. The Balaban J connectivity index is 0.00000231. The van der Waals surface area contributed by atoms with Gasteiger partial charge in [-0.15, -0.1) is 0 Å². The summed E-state index contributed by atoms with van der Waals surface area (Å²) >= 11 is -1.32. The van der Waals surface area contributed by atoms with Crippen LogP contribution in [0.3, 0.4) is 0 Å². The van der Waals surface area contributed by atoms with Gasteiger partial charge < -0.3 is 18.8 Å². The molecule has 1 saturated heterocycles. The Bertz CT molecular complexity index is 1000. The minimum absolute atomic E-state index is 0. The average Bonchev–Trinajstić information content (AvgIpc) is 3.49. The summed E-state index contributed by atoms with van der Waals surface area (Å²) in [6.07, 6.45) is 4.76. The molecule has 5 rings (SSSR count). The van der Waals surface area contributed by atoms with Crippen LogP contribution in [-0.4, -0.2) is 74.7 Å². The van der Waals surface area contributed by atoms with Crippen LogP contribution in [0.5, 0.6) is 5.75 Å². The molecule has 3 aromatic rings. The van der Waals surface area contributed by atoms with Gasteiger partial charge in [0.15, 0.2) is 11.5 Å². The number of aromatic amines is 1. The Hall–Kier alpha value is -1.13. The van der Waals surface area contributed by atoms with Gasteiger partial charge in [0, 0.05) is 35.3 Å². The summed E-state index contributed by atoms with van der Waals surface area (Å²) in [6, 6.07) is 9.53. The Kier molecular flexibility index (Phi) is 7.27. The number of benzene rings is 1. The van der Waals surface area contributed by atoms with Crippen molar-refractivity contribution in [1.29, 1.82) is 0 Å². The van der Waals surface area contributed by atoms with Crippen LogP contribution in [0.1, 0.15) is 30.5 Å². The Morgan fingerprint density at radius 2 is 2.06 bits per heavy atom. The van der Waals surface area contributed by atoms with E-state index in [-0.39, 0.29) is 41.2 Å². The predicted molar refractivity (Wildman–Crippen MR) is 120 cm³/mol. The predicted octanol–water partition coefficient (Wildman–Crippen LogP) is 2.85. The van der Waals surface area contributed by atoms with Crippen molar-refractivity contribution >= 4 is 51.8 Å². The van der Waals surface area contributed by atoms with Crippen molar-refractivity contribution in [1.82, 2.24) is 15.0 Å². The zero-order chi connectivity index (χ0) is 20.6. The van der Waals surface area contributed by atoms with Gasteiger partial charge in [-0.25, -0.2) is 0 Å². The summed E-state index contributed by atoms with van der Waals surface area (Å²) < 4.78 is 30.9. The summed E-state index contributed by atoms with van der Waals surface area (Å²) in [5, 5.41) is 0.465. The fourth-order valence-corrected chi connectivity index (χ4v) is 5.46. The van der Waals surface area contributed by atoms with E-state index in [1.807, 2.05) is 37.3 Å². The number of pyridine rings is 1. The first-order valence-electron chi connectivity index (χ1n) is 10.3. The number of ether oxygens (including phenoxy) is 3. The van der Waals surface area contributed by atoms with Gasteiger partial charge >= 0.3 is 34.7 Å². The number of hydrogen-bond donors (Lipinski definition) is 1. The number of fused-ring (bicyclic) bond motifs is 1. The van der Waals surface area contributed by atoms with Crippen molar-refractivity contribution in [3.8, 4) is 5.75 Å². The van der Waals surface area contributed by atoms with Crippen LogP contribution < -0.4 is 4.74 Å². The molecule has 31 heavy (non-hydrogen) atoms. The molecule has 1 aliphatic carbocycles. The maximum atomic E-state index is 12.9. The van der Waals surface area contributed by atoms with Crippen molar-refractivity contribution in [2.75, 3.05) is 19.8 Å². The first kappa shape index (κ1) is 23.0. The van der Waals surface area contributed by atoms with E-state index in [9.17, 15) is 4.55 Å². The van der Waals surface area contributed by atoms with E-state index in [0.717, 1.165) is 47.3 Å². The normalized spacial score (nSPS) is 20.8. The van der Waals surface area contributed by atoms with Crippen LogP contribution in [0, 0.1) is 12.8 Å². The van der Waals surface area contributed by atoms with Gasteiger partial charge in [0.1, 0.15) is 5.75 Å². The van der Waals surface area contributed by atoms with E-state index in [2.05, 4.69) is 15.0 Å². The molecule has 0 radical (unpaired) electrons. The molecule has 1 aromatic carbocycles. The fraction of sp³-hybridized carbons (Fsp3) is 0.455. The van der Waals surface area contributed by atoms with Gasteiger partial charge in [-0.1, -0.05) is 12.1 Å². The second-order valence-corrected chi connectivity index (χ2v) is 9.21. The number of hydrogen-bond acceptors (Lipinski definition) is 6. The van der Waals surface area contributed by atoms with Gasteiger partial charge in [0.2, 0.25) is 0 Å². The summed E-state index contributed by atoms with van der Waals surface area (Å²) in [6.45, 7) is 3.81. The van der Waals surface area contributed by atoms with E-state index in [1.165, 1.54) is 0 Å². The van der Waals surface area contributed by atoms with Crippen LogP contribution in [0.4, 0.5) is 0 Å². The van der Waals surface area contributed by atoms with Crippen LogP contribution in [0.25, 0.3) is 11.0 Å². The molecule has 3 heterocycles. The summed E-state index contributed by atoms with van der Waals surface area (Å²) in [7, 11) is 0. The number of imidazole rings is 1. The van der Waals surface area contributed by atoms with Crippen LogP contribution in [0.15, 0.2) is 41.7 Å². The second-order valence-electron chi connectivity index (χ2n) is 7.84. The molecule has 2 unspecified atom stereocenters. The summed E-state index contributed by atoms with van der Waals surface area (Å²) in [4.78, 5) is 12.0. The van der Waals surface area contributed by atoms with E-state index in [4.69, 9.17) is 14.2 Å². The van der Waals surface area contributed by atoms with Gasteiger partial charge in [-0.2, -0.15) is 4.98 Å². The molecule has 0 bridgehead atoms. The molecular formula is C22H26N3NaO4S. The van der Waals surface area contributed by atoms with Gasteiger partial charge in [0.05, 0.1) is 36.5 Å². The molecule has 2 aromatic heterocycles. The van der Waals surface area contributed by atoms with Crippen LogP contribution >= 0.6 is 0 Å². The summed E-state index contributed by atoms with van der Waals surface area (Å²) in [5.41, 5.74) is 3.34. The van der Waals surface area contributed by atoms with Crippen molar-refractivity contribution in [3.05, 3.63) is 47.8 Å². The Morgan fingerprint density at radius 3 is 2.87 bits per heavy atom. The molecule has 1 N–H and O–H groups in total. The van der Waals surface area contributed by atoms with E-state index in [1.54, 1.807) is 6.20 Å². The molecule has 1 aliphatic heterocycles. The number of nitrogens with one attached hydrogen (secondary N) is 1. The minimum atomic E-state index is -1.32. The first-order valence-corrected chi connectivity index (χ1v) is 11.6. The third kappa shape index (κ3) is 4.66. The van der Waals surface area contributed by atoms with Gasteiger partial charge in [-0.3, -0.25) is 9.97 Å². The SMILES string of the molecule is Cc1c(OCC2CCCC23OCCO3)ccnc1C[S+]([O-])c1nc2ccccc2[nH]1.[NaH]. The van der Waals surface area contributed by atoms with E-state index < -0.39 is 17.0 Å². The van der Waals surface area contributed by atoms with Crippen LogP contribution in [-0.2, 0) is 26.4 Å². The van der Waals surface area contributed by atoms with Gasteiger partial charge in [0.25, 0.3) is 0 Å². The Morgan fingerprint density at radius 1 is 1.26 bits per heavy atom. The maximum absolute atomic E-state index is 12.9. The monoisotopic (exact) mass is 451 g/mol. The quantitative estimate of drug-likeness (QED) is 0.458. The second kappa shape index (κ2) is 9.79. The third-order valence-electron chi connectivity index (χ3n) is 6.03. The van der Waals surface area contributed by atoms with E-state index in [0.29, 0.717) is 25.0 Å². The van der Waals surface area contributed by atoms with Crippen molar-refractivity contribution in [2.24, 2.45) is 5.92 Å². The summed E-state index contributed by atoms with van der Waals surface area (Å²) in [5.74, 6) is 0.803. The molecule has 9 heteroatoms. The van der Waals surface area contributed by atoms with Crippen molar-refractivity contribution < 1.29 is 18.8 Å². The number of para-hydroxylation sites is 2. The molecule has 7 nitrogen and oxygen atoms in total. The molecule has 160 valence electrons. The van der Waals surface area contributed by atoms with Crippen LogP contribution in [0.2, 0.25) is 0 Å². The van der Waals surface area contributed by atoms with E-state index >= 15 is 0 Å².